The Labute approximate surface area is 141 Å². The third-order valence-electron chi connectivity index (χ3n) is 4.12. The summed E-state index contributed by atoms with van der Waals surface area (Å²) in [5.74, 6) is 0.554. The fourth-order valence-electron chi connectivity index (χ4n) is 3.09. The highest BCUT2D eigenvalue weighted by atomic mass is 16.5. The molecule has 0 saturated heterocycles. The fraction of sp³-hybridized carbons (Fsp3) is 0.368. The van der Waals surface area contributed by atoms with Crippen LogP contribution in [-0.4, -0.2) is 17.0 Å². The second-order valence-corrected chi connectivity index (χ2v) is 6.37. The maximum absolute atomic E-state index is 12.4. The van der Waals surface area contributed by atoms with E-state index in [4.69, 9.17) is 4.74 Å². The number of aromatic amines is 1. The maximum Gasteiger partial charge on any atom is 0.268 e. The van der Waals surface area contributed by atoms with Crippen LogP contribution >= 0.6 is 0 Å². The van der Waals surface area contributed by atoms with Gasteiger partial charge in [-0.2, -0.15) is 0 Å². The highest BCUT2D eigenvalue weighted by Gasteiger charge is 2.23. The van der Waals surface area contributed by atoms with Crippen molar-refractivity contribution in [1.82, 2.24) is 10.3 Å². The summed E-state index contributed by atoms with van der Waals surface area (Å²) < 4.78 is 5.77. The summed E-state index contributed by atoms with van der Waals surface area (Å²) in [4.78, 5) is 26.4. The number of carbonyl (C=O) groups is 1. The molecule has 0 bridgehead atoms. The van der Waals surface area contributed by atoms with Gasteiger partial charge in [0.25, 0.3) is 5.91 Å². The summed E-state index contributed by atoms with van der Waals surface area (Å²) in [7, 11) is 0. The number of hydrogen-bond acceptors (Lipinski definition) is 3. The highest BCUT2D eigenvalue weighted by molar-refractivity contribution is 5.92. The first-order chi connectivity index (χ1) is 11.5. The molecule has 0 unspecified atom stereocenters. The first-order valence-electron chi connectivity index (χ1n) is 8.32. The number of pyridine rings is 1. The van der Waals surface area contributed by atoms with Gasteiger partial charge in [0.1, 0.15) is 11.4 Å². The highest BCUT2D eigenvalue weighted by Crippen LogP contribution is 2.32. The lowest BCUT2D eigenvalue weighted by atomic mass is 9.87. The Morgan fingerprint density at radius 3 is 2.88 bits per heavy atom. The summed E-state index contributed by atoms with van der Waals surface area (Å²) in [6.07, 6.45) is 3.01. The van der Waals surface area contributed by atoms with Crippen LogP contribution in [0.1, 0.15) is 54.3 Å². The molecule has 0 aliphatic heterocycles. The van der Waals surface area contributed by atoms with Crippen LogP contribution in [-0.2, 0) is 6.42 Å². The van der Waals surface area contributed by atoms with Crippen LogP contribution in [0.25, 0.3) is 0 Å². The molecule has 0 fully saturated rings. The van der Waals surface area contributed by atoms with E-state index in [1.165, 1.54) is 11.6 Å². The minimum atomic E-state index is -0.278. The molecule has 1 aromatic heterocycles. The van der Waals surface area contributed by atoms with Crippen molar-refractivity contribution in [2.45, 2.75) is 45.3 Å². The van der Waals surface area contributed by atoms with Gasteiger partial charge in [0, 0.05) is 6.07 Å². The third kappa shape index (κ3) is 3.67. The molecule has 2 aromatic rings. The van der Waals surface area contributed by atoms with Gasteiger partial charge < -0.3 is 15.0 Å². The van der Waals surface area contributed by atoms with Crippen molar-refractivity contribution in [2.24, 2.45) is 0 Å². The zero-order chi connectivity index (χ0) is 17.1. The van der Waals surface area contributed by atoms with E-state index in [0.29, 0.717) is 0 Å². The normalized spacial score (nSPS) is 16.5. The van der Waals surface area contributed by atoms with Gasteiger partial charge >= 0.3 is 0 Å². The standard InChI is InChI=1S/C19H22N2O3/c1-12(2)24-14-10-9-13-5-3-6-16(15(13)11-14)21-19(23)17-7-4-8-18(22)20-17/h4,7-12,16H,3,5-6H2,1-2H3,(H,20,22)(H,21,23)/t16-/m1/s1. The zero-order valence-corrected chi connectivity index (χ0v) is 14.0. The molecule has 5 nitrogen and oxygen atoms in total. The minimum absolute atomic E-state index is 0.0688. The summed E-state index contributed by atoms with van der Waals surface area (Å²) in [5, 5.41) is 3.03. The molecule has 0 radical (unpaired) electrons. The van der Waals surface area contributed by atoms with Crippen LogP contribution in [0, 0.1) is 0 Å². The van der Waals surface area contributed by atoms with E-state index >= 15 is 0 Å². The van der Waals surface area contributed by atoms with E-state index in [1.807, 2.05) is 26.0 Å². The average molecular weight is 326 g/mol. The van der Waals surface area contributed by atoms with Crippen molar-refractivity contribution < 1.29 is 9.53 Å². The molecule has 1 aromatic carbocycles. The number of benzene rings is 1. The number of ether oxygens (including phenoxy) is 1. The van der Waals surface area contributed by atoms with Gasteiger partial charge in [-0.25, -0.2) is 0 Å². The van der Waals surface area contributed by atoms with Gasteiger partial charge in [-0.3, -0.25) is 9.59 Å². The number of aromatic nitrogens is 1. The Morgan fingerprint density at radius 2 is 2.12 bits per heavy atom. The maximum atomic E-state index is 12.4. The van der Waals surface area contributed by atoms with Crippen molar-refractivity contribution in [3.05, 3.63) is 63.6 Å². The van der Waals surface area contributed by atoms with E-state index < -0.39 is 0 Å². The first-order valence-corrected chi connectivity index (χ1v) is 8.32. The molecule has 5 heteroatoms. The Morgan fingerprint density at radius 1 is 1.29 bits per heavy atom. The zero-order valence-electron chi connectivity index (χ0n) is 14.0. The monoisotopic (exact) mass is 326 g/mol. The molecule has 1 heterocycles. The van der Waals surface area contributed by atoms with Crippen LogP contribution in [0.4, 0.5) is 0 Å². The van der Waals surface area contributed by atoms with Crippen LogP contribution in [0.5, 0.6) is 5.75 Å². The summed E-state index contributed by atoms with van der Waals surface area (Å²) in [5.41, 5.74) is 2.35. The number of rotatable bonds is 4. The van der Waals surface area contributed by atoms with E-state index in [2.05, 4.69) is 16.4 Å². The Kier molecular flexibility index (Phi) is 4.69. The first kappa shape index (κ1) is 16.3. The molecule has 1 aliphatic carbocycles. The van der Waals surface area contributed by atoms with Crippen molar-refractivity contribution in [2.75, 3.05) is 0 Å². The van der Waals surface area contributed by atoms with Gasteiger partial charge in [0.05, 0.1) is 12.1 Å². The Bertz CT molecular complexity index is 795. The van der Waals surface area contributed by atoms with Gasteiger partial charge in [0.15, 0.2) is 0 Å². The molecule has 0 saturated carbocycles. The summed E-state index contributed by atoms with van der Waals surface area (Å²) in [6, 6.07) is 10.6. The molecule has 2 N–H and O–H groups in total. The SMILES string of the molecule is CC(C)Oc1ccc2c(c1)[C@H](NC(=O)c1cccc(=O)[nH]1)CCC2. The molecule has 1 aliphatic rings. The van der Waals surface area contributed by atoms with Crippen molar-refractivity contribution in [1.29, 1.82) is 0 Å². The van der Waals surface area contributed by atoms with Crippen LogP contribution in [0.15, 0.2) is 41.2 Å². The molecular formula is C19H22N2O3. The van der Waals surface area contributed by atoms with E-state index in [9.17, 15) is 9.59 Å². The van der Waals surface area contributed by atoms with Crippen molar-refractivity contribution in [3.8, 4) is 5.75 Å². The molecule has 126 valence electrons. The number of amides is 1. The number of carbonyl (C=O) groups excluding carboxylic acids is 1. The van der Waals surface area contributed by atoms with Gasteiger partial charge in [-0.05, 0) is 62.4 Å². The number of fused-ring (bicyclic) bond motifs is 1. The number of aryl methyl sites for hydroxylation is 1. The second-order valence-electron chi connectivity index (χ2n) is 6.37. The van der Waals surface area contributed by atoms with Gasteiger partial charge in [-0.1, -0.05) is 12.1 Å². The summed E-state index contributed by atoms with van der Waals surface area (Å²) >= 11 is 0. The van der Waals surface area contributed by atoms with Crippen molar-refractivity contribution >= 4 is 5.91 Å². The quantitative estimate of drug-likeness (QED) is 0.907. The third-order valence-corrected chi connectivity index (χ3v) is 4.12. The molecule has 0 spiro atoms. The number of H-pyrrole nitrogens is 1. The Hall–Kier alpha value is -2.56. The largest absolute Gasteiger partial charge is 0.491 e. The topological polar surface area (TPSA) is 71.2 Å². The van der Waals surface area contributed by atoms with Crippen molar-refractivity contribution in [3.63, 3.8) is 0 Å². The van der Waals surface area contributed by atoms with Crippen LogP contribution in [0.2, 0.25) is 0 Å². The number of nitrogens with one attached hydrogen (secondary N) is 2. The molecule has 1 amide bonds. The van der Waals surface area contributed by atoms with E-state index in [1.54, 1.807) is 12.1 Å². The van der Waals surface area contributed by atoms with E-state index in [0.717, 1.165) is 30.6 Å². The molecule has 24 heavy (non-hydrogen) atoms. The Balaban J connectivity index is 1.83. The smallest absolute Gasteiger partial charge is 0.268 e. The fourth-order valence-corrected chi connectivity index (χ4v) is 3.09. The number of hydrogen-bond donors (Lipinski definition) is 2. The lowest BCUT2D eigenvalue weighted by molar-refractivity contribution is 0.0927. The van der Waals surface area contributed by atoms with E-state index in [-0.39, 0.29) is 29.3 Å². The lowest BCUT2D eigenvalue weighted by Gasteiger charge is -2.27. The minimum Gasteiger partial charge on any atom is -0.491 e. The summed E-state index contributed by atoms with van der Waals surface area (Å²) in [6.45, 7) is 3.98. The lowest BCUT2D eigenvalue weighted by Crippen LogP contribution is -2.32. The molecule has 3 rings (SSSR count). The average Bonchev–Trinajstić information content (AvgIpc) is 2.55. The van der Waals surface area contributed by atoms with Gasteiger partial charge in [-0.15, -0.1) is 0 Å². The van der Waals surface area contributed by atoms with Gasteiger partial charge in [0.2, 0.25) is 5.56 Å². The second kappa shape index (κ2) is 6.91. The van der Waals surface area contributed by atoms with Crippen LogP contribution in [0.3, 0.4) is 0 Å². The predicted octanol–water partition coefficient (Wildman–Crippen LogP) is 2.97. The van der Waals surface area contributed by atoms with Crippen LogP contribution < -0.4 is 15.6 Å². The molecule has 1 atom stereocenters. The predicted molar refractivity (Wildman–Crippen MR) is 92.4 cm³/mol. The molecular weight excluding hydrogens is 304 g/mol.